The van der Waals surface area contributed by atoms with Crippen molar-refractivity contribution in [3.63, 3.8) is 0 Å². The largest absolute Gasteiger partial charge is 0.492 e. The van der Waals surface area contributed by atoms with E-state index >= 15 is 0 Å². The first-order chi connectivity index (χ1) is 15.2. The summed E-state index contributed by atoms with van der Waals surface area (Å²) in [6.07, 6.45) is 1.46. The molecule has 3 aliphatic rings. The van der Waals surface area contributed by atoms with Gasteiger partial charge in [0.25, 0.3) is 5.91 Å². The van der Waals surface area contributed by atoms with Gasteiger partial charge < -0.3 is 24.0 Å². The van der Waals surface area contributed by atoms with Crippen LogP contribution in [0.3, 0.4) is 0 Å². The van der Waals surface area contributed by atoms with Crippen LogP contribution in [0.4, 0.5) is 0 Å². The highest BCUT2D eigenvalue weighted by molar-refractivity contribution is 5.95. The summed E-state index contributed by atoms with van der Waals surface area (Å²) in [7, 11) is 0. The van der Waals surface area contributed by atoms with E-state index in [4.69, 9.17) is 14.2 Å². The Morgan fingerprint density at radius 3 is 2.48 bits per heavy atom. The first-order valence-electron chi connectivity index (χ1n) is 10.9. The van der Waals surface area contributed by atoms with Crippen molar-refractivity contribution in [3.8, 4) is 17.2 Å². The lowest BCUT2D eigenvalue weighted by Gasteiger charge is -2.29. The lowest BCUT2D eigenvalue weighted by Crippen LogP contribution is -2.43. The Morgan fingerprint density at radius 2 is 1.58 bits per heavy atom. The van der Waals surface area contributed by atoms with Gasteiger partial charge in [-0.2, -0.15) is 0 Å². The maximum atomic E-state index is 13.1. The fourth-order valence-electron chi connectivity index (χ4n) is 4.44. The number of rotatable bonds is 2. The summed E-state index contributed by atoms with van der Waals surface area (Å²) in [5.41, 5.74) is 1.67. The van der Waals surface area contributed by atoms with Gasteiger partial charge in [-0.1, -0.05) is 18.2 Å². The van der Waals surface area contributed by atoms with Crippen molar-refractivity contribution in [2.75, 3.05) is 46.0 Å². The smallest absolute Gasteiger partial charge is 0.254 e. The molecule has 1 fully saturated rings. The summed E-state index contributed by atoms with van der Waals surface area (Å²) in [5, 5.41) is 0. The van der Waals surface area contributed by atoms with Crippen LogP contribution in [0.15, 0.2) is 42.5 Å². The summed E-state index contributed by atoms with van der Waals surface area (Å²) in [6, 6.07) is 13.2. The average Bonchev–Trinajstić information content (AvgIpc) is 3.09. The number of fused-ring (bicyclic) bond motifs is 2. The van der Waals surface area contributed by atoms with Crippen LogP contribution in [0.2, 0.25) is 0 Å². The van der Waals surface area contributed by atoms with Gasteiger partial charge in [-0.15, -0.1) is 0 Å². The van der Waals surface area contributed by atoms with Gasteiger partial charge in [0.1, 0.15) is 25.6 Å². The summed E-state index contributed by atoms with van der Waals surface area (Å²) in [4.78, 5) is 29.9. The molecule has 162 valence electrons. The molecule has 0 N–H and O–H groups in total. The topological polar surface area (TPSA) is 68.3 Å². The molecule has 1 saturated heterocycles. The number of nitrogens with zero attached hydrogens (tertiary/aromatic N) is 2. The number of benzene rings is 2. The number of carbonyl (C=O) groups excluding carboxylic acids is 2. The lowest BCUT2D eigenvalue weighted by molar-refractivity contribution is -0.136. The van der Waals surface area contributed by atoms with Crippen LogP contribution >= 0.6 is 0 Å². The van der Waals surface area contributed by atoms with Gasteiger partial charge in [0.15, 0.2) is 11.5 Å². The minimum atomic E-state index is -0.171. The molecule has 3 aliphatic heterocycles. The first-order valence-corrected chi connectivity index (χ1v) is 10.9. The van der Waals surface area contributed by atoms with E-state index in [2.05, 4.69) is 0 Å². The second kappa shape index (κ2) is 8.49. The predicted octanol–water partition coefficient (Wildman–Crippen LogP) is 2.38. The molecule has 3 heterocycles. The molecule has 7 nitrogen and oxygen atoms in total. The van der Waals surface area contributed by atoms with Crippen molar-refractivity contribution >= 4 is 11.8 Å². The summed E-state index contributed by atoms with van der Waals surface area (Å²) in [5.74, 6) is 2.06. The average molecular weight is 422 g/mol. The molecule has 0 spiro atoms. The molecule has 0 radical (unpaired) electrons. The molecule has 31 heavy (non-hydrogen) atoms. The number of carbonyl (C=O) groups is 2. The van der Waals surface area contributed by atoms with Crippen molar-refractivity contribution < 1.29 is 23.8 Å². The van der Waals surface area contributed by atoms with E-state index in [-0.39, 0.29) is 17.7 Å². The molecule has 7 heteroatoms. The monoisotopic (exact) mass is 422 g/mol. The highest BCUT2D eigenvalue weighted by Crippen LogP contribution is 2.31. The molecular weight excluding hydrogens is 396 g/mol. The normalized spacial score (nSPS) is 20.3. The molecule has 0 aromatic heterocycles. The van der Waals surface area contributed by atoms with E-state index in [1.165, 1.54) is 0 Å². The third-order valence-corrected chi connectivity index (χ3v) is 6.11. The first kappa shape index (κ1) is 19.7. The Morgan fingerprint density at radius 1 is 0.806 bits per heavy atom. The number of ether oxygens (including phenoxy) is 3. The maximum absolute atomic E-state index is 13.1. The molecule has 5 rings (SSSR count). The van der Waals surface area contributed by atoms with E-state index in [0.717, 1.165) is 17.7 Å². The third kappa shape index (κ3) is 4.04. The van der Waals surface area contributed by atoms with Crippen LogP contribution in [0.25, 0.3) is 0 Å². The molecular formula is C24H26N2O5. The Bertz CT molecular complexity index is 992. The van der Waals surface area contributed by atoms with Crippen LogP contribution in [-0.4, -0.2) is 67.6 Å². The van der Waals surface area contributed by atoms with Crippen molar-refractivity contribution in [1.82, 2.24) is 9.80 Å². The van der Waals surface area contributed by atoms with Crippen molar-refractivity contribution in [2.24, 2.45) is 5.92 Å². The Labute approximate surface area is 181 Å². The number of amides is 2. The van der Waals surface area contributed by atoms with Crippen LogP contribution < -0.4 is 14.2 Å². The molecule has 2 aromatic rings. The Balaban J connectivity index is 1.22. The molecule has 1 atom stereocenters. The fourth-order valence-corrected chi connectivity index (χ4v) is 4.44. The number of para-hydroxylation sites is 1. The summed E-state index contributed by atoms with van der Waals surface area (Å²) < 4.78 is 17.0. The second-order valence-electron chi connectivity index (χ2n) is 8.15. The fraction of sp³-hybridized carbons (Fsp3) is 0.417. The zero-order chi connectivity index (χ0) is 21.2. The molecule has 1 unspecified atom stereocenters. The zero-order valence-corrected chi connectivity index (χ0v) is 17.4. The van der Waals surface area contributed by atoms with Crippen molar-refractivity contribution in [3.05, 3.63) is 53.6 Å². The van der Waals surface area contributed by atoms with Crippen LogP contribution in [0.5, 0.6) is 17.2 Å². The van der Waals surface area contributed by atoms with Crippen molar-refractivity contribution in [1.29, 1.82) is 0 Å². The van der Waals surface area contributed by atoms with Gasteiger partial charge in [-0.05, 0) is 42.7 Å². The summed E-state index contributed by atoms with van der Waals surface area (Å²) >= 11 is 0. The van der Waals surface area contributed by atoms with Gasteiger partial charge in [-0.25, -0.2) is 0 Å². The molecule has 0 bridgehead atoms. The van der Waals surface area contributed by atoms with E-state index in [1.54, 1.807) is 18.2 Å². The third-order valence-electron chi connectivity index (χ3n) is 6.11. The Kier molecular flexibility index (Phi) is 5.40. The van der Waals surface area contributed by atoms with Gasteiger partial charge in [-0.3, -0.25) is 9.59 Å². The highest BCUT2D eigenvalue weighted by atomic mass is 16.6. The molecule has 0 aliphatic carbocycles. The lowest BCUT2D eigenvalue weighted by atomic mass is 9.95. The van der Waals surface area contributed by atoms with Gasteiger partial charge in [0, 0.05) is 31.7 Å². The second-order valence-corrected chi connectivity index (χ2v) is 8.15. The molecule has 2 aromatic carbocycles. The summed E-state index contributed by atoms with van der Waals surface area (Å²) in [6.45, 7) is 3.75. The van der Waals surface area contributed by atoms with Gasteiger partial charge >= 0.3 is 0 Å². The van der Waals surface area contributed by atoms with Crippen LogP contribution in [0, 0.1) is 5.92 Å². The Hall–Kier alpha value is -3.22. The van der Waals surface area contributed by atoms with Crippen LogP contribution in [0.1, 0.15) is 22.3 Å². The van der Waals surface area contributed by atoms with Crippen molar-refractivity contribution in [2.45, 2.75) is 12.8 Å². The van der Waals surface area contributed by atoms with E-state index in [0.29, 0.717) is 69.5 Å². The predicted molar refractivity (Wildman–Crippen MR) is 114 cm³/mol. The quantitative estimate of drug-likeness (QED) is 0.744. The highest BCUT2D eigenvalue weighted by Gasteiger charge is 2.31. The van der Waals surface area contributed by atoms with Gasteiger partial charge in [0.05, 0.1) is 5.92 Å². The molecule has 2 amide bonds. The van der Waals surface area contributed by atoms with E-state index < -0.39 is 0 Å². The standard InChI is InChI=1S/C24H26N2O5/c27-23(18-6-7-21-22(15-18)30-13-12-29-21)25-8-3-9-26(11-10-25)24(28)19-14-17-4-1-2-5-20(17)31-16-19/h1-2,4-7,15,19H,3,8-14,16H2. The maximum Gasteiger partial charge on any atom is 0.254 e. The minimum Gasteiger partial charge on any atom is -0.492 e. The zero-order valence-electron chi connectivity index (χ0n) is 17.4. The van der Waals surface area contributed by atoms with Crippen LogP contribution in [-0.2, 0) is 11.2 Å². The number of hydrogen-bond donors (Lipinski definition) is 0. The van der Waals surface area contributed by atoms with E-state index in [1.807, 2.05) is 34.1 Å². The van der Waals surface area contributed by atoms with E-state index in [9.17, 15) is 9.59 Å². The number of hydrogen-bond acceptors (Lipinski definition) is 5. The SMILES string of the molecule is O=C(c1ccc2c(c1)OCCO2)N1CCCN(C(=O)C2COc3ccccc3C2)CC1. The van der Waals surface area contributed by atoms with Gasteiger partial charge in [0.2, 0.25) is 5.91 Å². The molecule has 0 saturated carbocycles. The minimum absolute atomic E-state index is 0.0406.